The molecular formula is C13H18. The summed E-state index contributed by atoms with van der Waals surface area (Å²) in [6, 6.07) is 10.6. The minimum Gasteiger partial charge on any atom is -0.0782 e. The predicted molar refractivity (Wildman–Crippen MR) is 59.5 cm³/mol. The van der Waals surface area contributed by atoms with Gasteiger partial charge in [-0.1, -0.05) is 57.2 Å². The molecule has 13 heavy (non-hydrogen) atoms. The Morgan fingerprint density at radius 1 is 1.23 bits per heavy atom. The molecule has 0 bridgehead atoms. The van der Waals surface area contributed by atoms with Gasteiger partial charge in [0.25, 0.3) is 0 Å². The Balaban J connectivity index is 2.91. The molecule has 0 radical (unpaired) electrons. The first-order chi connectivity index (χ1) is 6.24. The number of hydrogen-bond acceptors (Lipinski definition) is 0. The molecule has 0 heterocycles. The van der Waals surface area contributed by atoms with E-state index in [0.29, 0.717) is 5.92 Å². The van der Waals surface area contributed by atoms with Gasteiger partial charge in [0.15, 0.2) is 0 Å². The summed E-state index contributed by atoms with van der Waals surface area (Å²) in [6.45, 7) is 6.65. The quantitative estimate of drug-likeness (QED) is 0.646. The predicted octanol–water partition coefficient (Wildman–Crippen LogP) is 4.14. The largest absolute Gasteiger partial charge is 0.0782 e. The topological polar surface area (TPSA) is 0 Å². The molecule has 0 amide bonds. The van der Waals surface area contributed by atoms with Crippen molar-refractivity contribution >= 4 is 5.57 Å². The van der Waals surface area contributed by atoms with Crippen molar-refractivity contribution < 1.29 is 0 Å². The Kier molecular flexibility index (Phi) is 3.75. The van der Waals surface area contributed by atoms with Crippen molar-refractivity contribution in [1.29, 1.82) is 0 Å². The molecule has 0 atom stereocenters. The van der Waals surface area contributed by atoms with E-state index in [-0.39, 0.29) is 0 Å². The first-order valence-electron chi connectivity index (χ1n) is 5.00. The third-order valence-corrected chi connectivity index (χ3v) is 2.06. The van der Waals surface area contributed by atoms with Crippen LogP contribution in [0.4, 0.5) is 0 Å². The molecule has 0 fully saturated rings. The molecule has 0 aliphatic heterocycles. The molecule has 1 aromatic rings. The molecule has 0 aromatic heterocycles. The van der Waals surface area contributed by atoms with Gasteiger partial charge in [-0.2, -0.15) is 0 Å². The molecule has 0 aliphatic rings. The van der Waals surface area contributed by atoms with Crippen molar-refractivity contribution in [3.8, 4) is 0 Å². The zero-order valence-electron chi connectivity index (χ0n) is 8.75. The highest BCUT2D eigenvalue weighted by atomic mass is 14.0. The van der Waals surface area contributed by atoms with Crippen molar-refractivity contribution in [3.05, 3.63) is 42.0 Å². The molecule has 1 aromatic carbocycles. The first kappa shape index (κ1) is 10.0. The minimum atomic E-state index is 0.634. The van der Waals surface area contributed by atoms with Crippen LogP contribution in [0.15, 0.2) is 36.4 Å². The van der Waals surface area contributed by atoms with E-state index in [2.05, 4.69) is 57.2 Å². The van der Waals surface area contributed by atoms with Crippen LogP contribution in [-0.4, -0.2) is 0 Å². The fourth-order valence-electron chi connectivity index (χ4n) is 1.47. The Morgan fingerprint density at radius 3 is 2.31 bits per heavy atom. The minimum absolute atomic E-state index is 0.634. The van der Waals surface area contributed by atoms with Crippen LogP contribution >= 0.6 is 0 Å². The molecule has 0 saturated carbocycles. The van der Waals surface area contributed by atoms with Gasteiger partial charge in [-0.3, -0.25) is 0 Å². The zero-order valence-corrected chi connectivity index (χ0v) is 8.75. The fraction of sp³-hybridized carbons (Fsp3) is 0.385. The third kappa shape index (κ3) is 3.06. The second-order valence-electron chi connectivity index (χ2n) is 3.66. The van der Waals surface area contributed by atoms with Crippen molar-refractivity contribution in [2.45, 2.75) is 27.2 Å². The summed E-state index contributed by atoms with van der Waals surface area (Å²) in [5.74, 6) is 0.634. The molecule has 0 spiro atoms. The standard InChI is InChI=1S/C13H18/c1-4-12(10-11(2)3)13-8-6-5-7-9-13/h5-11H,4H2,1-3H3. The van der Waals surface area contributed by atoms with Gasteiger partial charge in [0.1, 0.15) is 0 Å². The number of benzene rings is 1. The molecule has 1 rings (SSSR count). The molecule has 0 unspecified atom stereocenters. The summed E-state index contributed by atoms with van der Waals surface area (Å²) in [6.07, 6.45) is 3.46. The van der Waals surface area contributed by atoms with E-state index in [9.17, 15) is 0 Å². The summed E-state index contributed by atoms with van der Waals surface area (Å²) in [5, 5.41) is 0. The maximum atomic E-state index is 2.34. The van der Waals surface area contributed by atoms with Crippen LogP contribution in [0.3, 0.4) is 0 Å². The van der Waals surface area contributed by atoms with E-state index in [1.54, 1.807) is 0 Å². The molecule has 0 saturated heterocycles. The van der Waals surface area contributed by atoms with Gasteiger partial charge in [0, 0.05) is 0 Å². The average Bonchev–Trinajstić information content (AvgIpc) is 2.15. The average molecular weight is 174 g/mol. The molecule has 0 heteroatoms. The monoisotopic (exact) mass is 174 g/mol. The summed E-state index contributed by atoms with van der Waals surface area (Å²) in [7, 11) is 0. The third-order valence-electron chi connectivity index (χ3n) is 2.06. The van der Waals surface area contributed by atoms with E-state index in [4.69, 9.17) is 0 Å². The lowest BCUT2D eigenvalue weighted by atomic mass is 10.00. The number of rotatable bonds is 3. The van der Waals surface area contributed by atoms with Crippen LogP contribution in [0.25, 0.3) is 5.57 Å². The SMILES string of the molecule is CCC(=CC(C)C)c1ccccc1. The summed E-state index contributed by atoms with van der Waals surface area (Å²) >= 11 is 0. The van der Waals surface area contributed by atoms with Crippen molar-refractivity contribution in [1.82, 2.24) is 0 Å². The van der Waals surface area contributed by atoms with Gasteiger partial charge >= 0.3 is 0 Å². The molecule has 0 aliphatic carbocycles. The maximum Gasteiger partial charge on any atom is -0.0228 e. The van der Waals surface area contributed by atoms with Crippen molar-refractivity contribution in [2.24, 2.45) is 5.92 Å². The van der Waals surface area contributed by atoms with Crippen LogP contribution < -0.4 is 0 Å². The molecular weight excluding hydrogens is 156 g/mol. The lowest BCUT2D eigenvalue weighted by molar-refractivity contribution is 0.830. The summed E-state index contributed by atoms with van der Waals surface area (Å²) in [5.41, 5.74) is 2.81. The number of allylic oxidation sites excluding steroid dienone is 2. The summed E-state index contributed by atoms with van der Waals surface area (Å²) in [4.78, 5) is 0. The Hall–Kier alpha value is -1.04. The van der Waals surface area contributed by atoms with Crippen LogP contribution in [0, 0.1) is 5.92 Å². The summed E-state index contributed by atoms with van der Waals surface area (Å²) < 4.78 is 0. The second kappa shape index (κ2) is 4.86. The lowest BCUT2D eigenvalue weighted by Gasteiger charge is -2.06. The molecule has 70 valence electrons. The zero-order chi connectivity index (χ0) is 9.68. The normalized spacial score (nSPS) is 12.2. The Morgan fingerprint density at radius 2 is 1.85 bits per heavy atom. The second-order valence-corrected chi connectivity index (χ2v) is 3.66. The van der Waals surface area contributed by atoms with Gasteiger partial charge in [0.05, 0.1) is 0 Å². The van der Waals surface area contributed by atoms with E-state index in [1.807, 2.05) is 0 Å². The lowest BCUT2D eigenvalue weighted by Crippen LogP contribution is -1.86. The smallest absolute Gasteiger partial charge is 0.0228 e. The highest BCUT2D eigenvalue weighted by Gasteiger charge is 1.98. The molecule has 0 nitrogen and oxygen atoms in total. The highest BCUT2D eigenvalue weighted by Crippen LogP contribution is 2.19. The van der Waals surface area contributed by atoms with Crippen LogP contribution in [0.1, 0.15) is 32.8 Å². The Labute approximate surface area is 81.3 Å². The van der Waals surface area contributed by atoms with Crippen LogP contribution in [0.5, 0.6) is 0 Å². The Bertz CT molecular complexity index is 267. The van der Waals surface area contributed by atoms with Gasteiger partial charge in [-0.05, 0) is 23.5 Å². The van der Waals surface area contributed by atoms with E-state index in [0.717, 1.165) is 6.42 Å². The van der Waals surface area contributed by atoms with Gasteiger partial charge in [-0.25, -0.2) is 0 Å². The van der Waals surface area contributed by atoms with Crippen LogP contribution in [-0.2, 0) is 0 Å². The number of hydrogen-bond donors (Lipinski definition) is 0. The van der Waals surface area contributed by atoms with E-state index < -0.39 is 0 Å². The fourth-order valence-corrected chi connectivity index (χ4v) is 1.47. The van der Waals surface area contributed by atoms with Gasteiger partial charge in [-0.15, -0.1) is 0 Å². The van der Waals surface area contributed by atoms with Crippen molar-refractivity contribution in [2.75, 3.05) is 0 Å². The van der Waals surface area contributed by atoms with E-state index in [1.165, 1.54) is 11.1 Å². The van der Waals surface area contributed by atoms with Gasteiger partial charge < -0.3 is 0 Å². The highest BCUT2D eigenvalue weighted by molar-refractivity contribution is 5.65. The first-order valence-corrected chi connectivity index (χ1v) is 5.00. The van der Waals surface area contributed by atoms with Crippen molar-refractivity contribution in [3.63, 3.8) is 0 Å². The van der Waals surface area contributed by atoms with Gasteiger partial charge in [0.2, 0.25) is 0 Å². The maximum absolute atomic E-state index is 2.34. The van der Waals surface area contributed by atoms with Crippen LogP contribution in [0.2, 0.25) is 0 Å². The molecule has 0 N–H and O–H groups in total. The van der Waals surface area contributed by atoms with E-state index >= 15 is 0 Å².